The second-order valence-corrected chi connectivity index (χ2v) is 4.00. The van der Waals surface area contributed by atoms with Crippen LogP contribution in [-0.4, -0.2) is 17.4 Å². The van der Waals surface area contributed by atoms with Crippen molar-refractivity contribution < 1.29 is 4.79 Å². The number of nitrogens with one attached hydrogen (secondary N) is 1. The van der Waals surface area contributed by atoms with E-state index in [-0.39, 0.29) is 5.91 Å². The summed E-state index contributed by atoms with van der Waals surface area (Å²) in [6.07, 6.45) is 0. The first-order valence-corrected chi connectivity index (χ1v) is 5.85. The van der Waals surface area contributed by atoms with E-state index in [0.29, 0.717) is 17.1 Å². The molecule has 4 heteroatoms. The number of hydrogen-bond acceptors (Lipinski definition) is 3. The Kier molecular flexibility index (Phi) is 3.31. The quantitative estimate of drug-likeness (QED) is 0.881. The van der Waals surface area contributed by atoms with Crippen molar-refractivity contribution in [3.05, 3.63) is 40.7 Å². The molecule has 0 aliphatic heterocycles. The van der Waals surface area contributed by atoms with Crippen molar-refractivity contribution in [2.75, 3.05) is 6.54 Å². The monoisotopic (exact) mass is 231 g/mol. The van der Waals surface area contributed by atoms with Gasteiger partial charge in [-0.25, -0.2) is 4.98 Å². The third-order valence-electron chi connectivity index (χ3n) is 2.11. The maximum Gasteiger partial charge on any atom is 0.263 e. The summed E-state index contributed by atoms with van der Waals surface area (Å²) in [5, 5.41) is 2.77. The van der Waals surface area contributed by atoms with E-state index in [4.69, 9.17) is 0 Å². The zero-order valence-corrected chi connectivity index (χ0v) is 9.67. The average Bonchev–Trinajstić information content (AvgIpc) is 2.79. The Morgan fingerprint density at radius 1 is 1.44 bits per heavy atom. The molecule has 0 saturated carbocycles. The highest BCUT2D eigenvalue weighted by atomic mass is 32.1. The van der Waals surface area contributed by atoms with Crippen molar-refractivity contribution in [1.82, 2.24) is 10.3 Å². The van der Waals surface area contributed by atoms with Gasteiger partial charge in [0.15, 0.2) is 5.51 Å². The summed E-state index contributed by atoms with van der Waals surface area (Å²) in [5.41, 5.74) is 4.42. The summed E-state index contributed by atoms with van der Waals surface area (Å²) in [5.74, 6) is -0.0832. The maximum atomic E-state index is 11.7. The molecule has 1 amide bonds. The van der Waals surface area contributed by atoms with Gasteiger partial charge in [0.05, 0.1) is 5.69 Å². The molecule has 0 atom stereocenters. The minimum Gasteiger partial charge on any atom is -0.352 e. The minimum absolute atomic E-state index is 0.0832. The second-order valence-electron chi connectivity index (χ2n) is 3.21. The molecule has 0 fully saturated rings. The third kappa shape index (κ3) is 2.12. The van der Waals surface area contributed by atoms with Gasteiger partial charge in [-0.05, 0) is 6.92 Å². The number of rotatable bonds is 3. The highest BCUT2D eigenvalue weighted by Crippen LogP contribution is 2.24. The Morgan fingerprint density at radius 3 is 2.88 bits per heavy atom. The van der Waals surface area contributed by atoms with Crippen LogP contribution in [0.15, 0.2) is 30.3 Å². The van der Waals surface area contributed by atoms with E-state index >= 15 is 0 Å². The van der Waals surface area contributed by atoms with E-state index in [1.807, 2.05) is 37.3 Å². The molecule has 0 unspecified atom stereocenters. The lowest BCUT2D eigenvalue weighted by molar-refractivity contribution is 0.0960. The van der Waals surface area contributed by atoms with Crippen LogP contribution in [0.1, 0.15) is 16.6 Å². The first kappa shape index (κ1) is 10.8. The van der Waals surface area contributed by atoms with Crippen LogP contribution < -0.4 is 5.32 Å². The van der Waals surface area contributed by atoms with Gasteiger partial charge >= 0.3 is 0 Å². The standard InChI is InChI=1S/C12H11N2OS/c1-2-13-12(15)11-10(14-8-16-11)9-6-4-3-5-7-9/h3-7H,2H2,1H3,(H,13,15). The SMILES string of the molecule is CCNC(=O)c1s[c]nc1-c1ccccc1. The van der Waals surface area contributed by atoms with Gasteiger partial charge in [0, 0.05) is 12.1 Å². The summed E-state index contributed by atoms with van der Waals surface area (Å²) in [7, 11) is 0. The minimum atomic E-state index is -0.0832. The van der Waals surface area contributed by atoms with Crippen molar-refractivity contribution in [2.24, 2.45) is 0 Å². The fraction of sp³-hybridized carbons (Fsp3) is 0.167. The molecule has 0 aliphatic rings. The second kappa shape index (κ2) is 4.90. The van der Waals surface area contributed by atoms with Gasteiger partial charge in [0.25, 0.3) is 5.91 Å². The first-order valence-electron chi connectivity index (χ1n) is 5.03. The molecular formula is C12H11N2OS. The number of carbonyl (C=O) groups excluding carboxylic acids is 1. The van der Waals surface area contributed by atoms with E-state index in [9.17, 15) is 4.79 Å². The summed E-state index contributed by atoms with van der Waals surface area (Å²) in [6, 6.07) is 9.66. The van der Waals surface area contributed by atoms with E-state index in [1.165, 1.54) is 11.3 Å². The van der Waals surface area contributed by atoms with E-state index in [1.54, 1.807) is 0 Å². The van der Waals surface area contributed by atoms with Crippen molar-refractivity contribution in [3.8, 4) is 11.3 Å². The number of aromatic nitrogens is 1. The molecule has 1 N–H and O–H groups in total. The molecular weight excluding hydrogens is 220 g/mol. The zero-order valence-electron chi connectivity index (χ0n) is 8.86. The van der Waals surface area contributed by atoms with E-state index in [2.05, 4.69) is 15.8 Å². The maximum absolute atomic E-state index is 11.7. The third-order valence-corrected chi connectivity index (χ3v) is 2.88. The number of carbonyl (C=O) groups is 1. The Hall–Kier alpha value is -1.68. The molecule has 0 aliphatic carbocycles. The normalized spacial score (nSPS) is 10.1. The summed E-state index contributed by atoms with van der Waals surface area (Å²) < 4.78 is 0. The Balaban J connectivity index is 2.37. The van der Waals surface area contributed by atoms with Crippen LogP contribution in [0, 0.1) is 5.51 Å². The van der Waals surface area contributed by atoms with Gasteiger partial charge in [0.2, 0.25) is 0 Å². The van der Waals surface area contributed by atoms with Gasteiger partial charge in [-0.2, -0.15) is 0 Å². The molecule has 0 saturated heterocycles. The number of thiazole rings is 1. The molecule has 0 spiro atoms. The summed E-state index contributed by atoms with van der Waals surface area (Å²) >= 11 is 1.24. The van der Waals surface area contributed by atoms with Crippen LogP contribution in [0.3, 0.4) is 0 Å². The van der Waals surface area contributed by atoms with Crippen molar-refractivity contribution in [3.63, 3.8) is 0 Å². The van der Waals surface area contributed by atoms with E-state index < -0.39 is 0 Å². The smallest absolute Gasteiger partial charge is 0.263 e. The molecule has 81 valence electrons. The topological polar surface area (TPSA) is 42.0 Å². The van der Waals surface area contributed by atoms with Gasteiger partial charge in [-0.1, -0.05) is 30.3 Å². The zero-order chi connectivity index (χ0) is 11.4. The van der Waals surface area contributed by atoms with Gasteiger partial charge in [0.1, 0.15) is 4.88 Å². The van der Waals surface area contributed by atoms with Gasteiger partial charge in [-0.15, -0.1) is 11.3 Å². The van der Waals surface area contributed by atoms with Crippen LogP contribution in [0.4, 0.5) is 0 Å². The predicted molar refractivity (Wildman–Crippen MR) is 64.4 cm³/mol. The molecule has 3 nitrogen and oxygen atoms in total. The first-order chi connectivity index (χ1) is 7.83. The lowest BCUT2D eigenvalue weighted by Crippen LogP contribution is -2.22. The Morgan fingerprint density at radius 2 is 2.19 bits per heavy atom. The molecule has 1 heterocycles. The molecule has 16 heavy (non-hydrogen) atoms. The summed E-state index contributed by atoms with van der Waals surface area (Å²) in [4.78, 5) is 16.5. The van der Waals surface area contributed by atoms with Crippen LogP contribution in [0.25, 0.3) is 11.3 Å². The molecule has 1 aromatic heterocycles. The lowest BCUT2D eigenvalue weighted by atomic mass is 10.1. The number of benzene rings is 1. The molecule has 2 aromatic rings. The molecule has 2 rings (SSSR count). The number of amides is 1. The van der Waals surface area contributed by atoms with Gasteiger partial charge in [-0.3, -0.25) is 4.79 Å². The fourth-order valence-electron chi connectivity index (χ4n) is 1.40. The number of nitrogens with zero attached hydrogens (tertiary/aromatic N) is 1. The molecule has 1 radical (unpaired) electrons. The Labute approximate surface area is 98.2 Å². The average molecular weight is 231 g/mol. The largest absolute Gasteiger partial charge is 0.352 e. The van der Waals surface area contributed by atoms with E-state index in [0.717, 1.165) is 5.56 Å². The van der Waals surface area contributed by atoms with Crippen molar-refractivity contribution >= 4 is 17.2 Å². The predicted octanol–water partition coefficient (Wildman–Crippen LogP) is 2.36. The highest BCUT2D eigenvalue weighted by Gasteiger charge is 2.15. The molecule has 1 aromatic carbocycles. The number of hydrogen-bond donors (Lipinski definition) is 1. The van der Waals surface area contributed by atoms with Crippen LogP contribution in [0.2, 0.25) is 0 Å². The van der Waals surface area contributed by atoms with Crippen LogP contribution in [-0.2, 0) is 0 Å². The van der Waals surface area contributed by atoms with Crippen LogP contribution in [0.5, 0.6) is 0 Å². The van der Waals surface area contributed by atoms with Crippen LogP contribution >= 0.6 is 11.3 Å². The fourth-order valence-corrected chi connectivity index (χ4v) is 2.05. The summed E-state index contributed by atoms with van der Waals surface area (Å²) in [6.45, 7) is 2.51. The van der Waals surface area contributed by atoms with Crippen molar-refractivity contribution in [1.29, 1.82) is 0 Å². The lowest BCUT2D eigenvalue weighted by Gasteiger charge is -2.02. The highest BCUT2D eigenvalue weighted by molar-refractivity contribution is 7.11. The van der Waals surface area contributed by atoms with Gasteiger partial charge < -0.3 is 5.32 Å². The van der Waals surface area contributed by atoms with Crippen molar-refractivity contribution in [2.45, 2.75) is 6.92 Å². The Bertz CT molecular complexity index is 479. The molecule has 0 bridgehead atoms.